The second-order valence-electron chi connectivity index (χ2n) is 3.76. The Labute approximate surface area is 84.3 Å². The smallest absolute Gasteiger partial charge is 0.0728 e. The first kappa shape index (κ1) is 9.52. The zero-order valence-corrected chi connectivity index (χ0v) is 8.57. The molecule has 0 unspecified atom stereocenters. The van der Waals surface area contributed by atoms with E-state index in [1.165, 1.54) is 19.3 Å². The summed E-state index contributed by atoms with van der Waals surface area (Å²) in [5.74, 6) is 0. The van der Waals surface area contributed by atoms with Crippen LogP contribution in [0.25, 0.3) is 0 Å². The van der Waals surface area contributed by atoms with Gasteiger partial charge in [-0.15, -0.1) is 0 Å². The Bertz CT molecular complexity index is 281. The van der Waals surface area contributed by atoms with Gasteiger partial charge in [-0.05, 0) is 19.3 Å². The molecule has 0 amide bonds. The SMILES string of the molecule is COCCn1cc(NC2CCC2)cn1. The van der Waals surface area contributed by atoms with Crippen molar-refractivity contribution < 1.29 is 4.74 Å². The molecule has 1 aromatic heterocycles. The first-order valence-corrected chi connectivity index (χ1v) is 5.16. The van der Waals surface area contributed by atoms with Crippen LogP contribution in [0.1, 0.15) is 19.3 Å². The fourth-order valence-corrected chi connectivity index (χ4v) is 1.53. The Morgan fingerprint density at radius 2 is 2.50 bits per heavy atom. The summed E-state index contributed by atoms with van der Waals surface area (Å²) in [6.45, 7) is 1.54. The summed E-state index contributed by atoms with van der Waals surface area (Å²) in [4.78, 5) is 0. The minimum Gasteiger partial charge on any atom is -0.383 e. The van der Waals surface area contributed by atoms with E-state index in [0.29, 0.717) is 12.6 Å². The number of nitrogens with zero attached hydrogens (tertiary/aromatic N) is 2. The third-order valence-corrected chi connectivity index (χ3v) is 2.63. The highest BCUT2D eigenvalue weighted by atomic mass is 16.5. The fraction of sp³-hybridized carbons (Fsp3) is 0.700. The molecule has 4 heteroatoms. The average molecular weight is 195 g/mol. The number of ether oxygens (including phenoxy) is 1. The largest absolute Gasteiger partial charge is 0.383 e. The summed E-state index contributed by atoms with van der Waals surface area (Å²) in [6.07, 6.45) is 7.87. The summed E-state index contributed by atoms with van der Waals surface area (Å²) in [5, 5.41) is 7.69. The lowest BCUT2D eigenvalue weighted by Crippen LogP contribution is -2.26. The molecule has 14 heavy (non-hydrogen) atoms. The third kappa shape index (κ3) is 2.26. The van der Waals surface area contributed by atoms with Crippen LogP contribution < -0.4 is 5.32 Å². The lowest BCUT2D eigenvalue weighted by atomic mass is 9.93. The molecule has 1 heterocycles. The van der Waals surface area contributed by atoms with E-state index < -0.39 is 0 Å². The molecule has 0 saturated heterocycles. The van der Waals surface area contributed by atoms with Crippen molar-refractivity contribution in [2.24, 2.45) is 0 Å². The standard InChI is InChI=1S/C10H17N3O/c1-14-6-5-13-8-10(7-11-13)12-9-3-2-4-9/h7-9,12H,2-6H2,1H3. The Kier molecular flexibility index (Phi) is 3.03. The maximum Gasteiger partial charge on any atom is 0.0728 e. The van der Waals surface area contributed by atoms with Gasteiger partial charge < -0.3 is 10.1 Å². The van der Waals surface area contributed by atoms with E-state index in [4.69, 9.17) is 4.74 Å². The van der Waals surface area contributed by atoms with Gasteiger partial charge in [0.1, 0.15) is 0 Å². The van der Waals surface area contributed by atoms with E-state index in [1.54, 1.807) is 7.11 Å². The maximum absolute atomic E-state index is 4.99. The molecule has 0 aliphatic heterocycles. The van der Waals surface area contributed by atoms with Crippen LogP contribution >= 0.6 is 0 Å². The van der Waals surface area contributed by atoms with Crippen LogP contribution in [0.3, 0.4) is 0 Å². The van der Waals surface area contributed by atoms with Gasteiger partial charge in [0.15, 0.2) is 0 Å². The van der Waals surface area contributed by atoms with Crippen molar-refractivity contribution >= 4 is 5.69 Å². The molecule has 1 aromatic rings. The number of rotatable bonds is 5. The normalized spacial score (nSPS) is 16.6. The molecule has 1 fully saturated rings. The molecule has 0 aromatic carbocycles. The summed E-state index contributed by atoms with van der Waals surface area (Å²) >= 11 is 0. The van der Waals surface area contributed by atoms with Gasteiger partial charge in [-0.2, -0.15) is 5.10 Å². The fourth-order valence-electron chi connectivity index (χ4n) is 1.53. The first-order chi connectivity index (χ1) is 6.88. The molecule has 4 nitrogen and oxygen atoms in total. The summed E-state index contributed by atoms with van der Waals surface area (Å²) in [5.41, 5.74) is 1.13. The molecule has 0 atom stereocenters. The van der Waals surface area contributed by atoms with Crippen molar-refractivity contribution in [3.63, 3.8) is 0 Å². The van der Waals surface area contributed by atoms with Gasteiger partial charge in [0, 0.05) is 19.3 Å². The molecular formula is C10H17N3O. The molecular weight excluding hydrogens is 178 g/mol. The van der Waals surface area contributed by atoms with Gasteiger partial charge in [0.2, 0.25) is 0 Å². The number of anilines is 1. The minimum atomic E-state index is 0.676. The predicted molar refractivity (Wildman–Crippen MR) is 55.4 cm³/mol. The Morgan fingerprint density at radius 1 is 1.64 bits per heavy atom. The van der Waals surface area contributed by atoms with E-state index in [1.807, 2.05) is 17.1 Å². The summed E-state index contributed by atoms with van der Waals surface area (Å²) < 4.78 is 6.89. The number of nitrogens with one attached hydrogen (secondary N) is 1. The van der Waals surface area contributed by atoms with Crippen molar-refractivity contribution in [1.82, 2.24) is 9.78 Å². The van der Waals surface area contributed by atoms with E-state index in [0.717, 1.165) is 12.2 Å². The van der Waals surface area contributed by atoms with Gasteiger partial charge in [0.05, 0.1) is 25.0 Å². The van der Waals surface area contributed by atoms with E-state index in [9.17, 15) is 0 Å². The topological polar surface area (TPSA) is 39.1 Å². The Hall–Kier alpha value is -1.03. The van der Waals surface area contributed by atoms with Crippen molar-refractivity contribution in [1.29, 1.82) is 0 Å². The molecule has 1 saturated carbocycles. The van der Waals surface area contributed by atoms with Crippen molar-refractivity contribution in [3.05, 3.63) is 12.4 Å². The molecule has 1 N–H and O–H groups in total. The quantitative estimate of drug-likeness (QED) is 0.773. The van der Waals surface area contributed by atoms with Gasteiger partial charge in [-0.1, -0.05) is 0 Å². The van der Waals surface area contributed by atoms with Crippen LogP contribution in [-0.4, -0.2) is 29.5 Å². The van der Waals surface area contributed by atoms with Crippen LogP contribution in [0.5, 0.6) is 0 Å². The minimum absolute atomic E-state index is 0.676. The average Bonchev–Trinajstić information content (AvgIpc) is 2.56. The maximum atomic E-state index is 4.99. The monoisotopic (exact) mass is 195 g/mol. The zero-order chi connectivity index (χ0) is 9.80. The highest BCUT2D eigenvalue weighted by Gasteiger charge is 2.17. The molecule has 0 radical (unpaired) electrons. The van der Waals surface area contributed by atoms with E-state index >= 15 is 0 Å². The van der Waals surface area contributed by atoms with E-state index in [-0.39, 0.29) is 0 Å². The van der Waals surface area contributed by atoms with E-state index in [2.05, 4.69) is 10.4 Å². The Morgan fingerprint density at radius 3 is 3.14 bits per heavy atom. The zero-order valence-electron chi connectivity index (χ0n) is 8.57. The molecule has 1 aliphatic rings. The van der Waals surface area contributed by atoms with Crippen LogP contribution in [0.2, 0.25) is 0 Å². The first-order valence-electron chi connectivity index (χ1n) is 5.16. The second-order valence-corrected chi connectivity index (χ2v) is 3.76. The highest BCUT2D eigenvalue weighted by molar-refractivity contribution is 5.39. The van der Waals surface area contributed by atoms with Gasteiger partial charge in [-0.3, -0.25) is 4.68 Å². The van der Waals surface area contributed by atoms with Crippen LogP contribution in [0, 0.1) is 0 Å². The van der Waals surface area contributed by atoms with Crippen molar-refractivity contribution in [3.8, 4) is 0 Å². The number of methoxy groups -OCH3 is 1. The van der Waals surface area contributed by atoms with Crippen LogP contribution in [0.15, 0.2) is 12.4 Å². The van der Waals surface area contributed by atoms with Gasteiger partial charge in [-0.25, -0.2) is 0 Å². The van der Waals surface area contributed by atoms with Crippen LogP contribution in [-0.2, 0) is 11.3 Å². The second kappa shape index (κ2) is 4.46. The summed E-state index contributed by atoms with van der Waals surface area (Å²) in [7, 11) is 1.71. The molecule has 2 rings (SSSR count). The highest BCUT2D eigenvalue weighted by Crippen LogP contribution is 2.22. The van der Waals surface area contributed by atoms with Gasteiger partial charge in [0.25, 0.3) is 0 Å². The third-order valence-electron chi connectivity index (χ3n) is 2.63. The van der Waals surface area contributed by atoms with Crippen molar-refractivity contribution in [2.75, 3.05) is 19.0 Å². The molecule has 1 aliphatic carbocycles. The number of hydrogen-bond donors (Lipinski definition) is 1. The molecule has 78 valence electrons. The lowest BCUT2D eigenvalue weighted by Gasteiger charge is -2.26. The van der Waals surface area contributed by atoms with Gasteiger partial charge >= 0.3 is 0 Å². The predicted octanol–water partition coefficient (Wildman–Crippen LogP) is 1.49. The van der Waals surface area contributed by atoms with Crippen LogP contribution in [0.4, 0.5) is 5.69 Å². The lowest BCUT2D eigenvalue weighted by molar-refractivity contribution is 0.183. The van der Waals surface area contributed by atoms with Crippen molar-refractivity contribution in [2.45, 2.75) is 31.8 Å². The number of hydrogen-bond acceptors (Lipinski definition) is 3. The molecule has 0 bridgehead atoms. The Balaban J connectivity index is 1.82. The molecule has 0 spiro atoms. The number of aromatic nitrogens is 2. The summed E-state index contributed by atoms with van der Waals surface area (Å²) in [6, 6.07) is 0.676.